The molecule has 84 valence electrons. The minimum absolute atomic E-state index is 0.0403. The number of hydrogen-bond donors (Lipinski definition) is 3. The molecule has 0 radical (unpaired) electrons. The highest BCUT2D eigenvalue weighted by molar-refractivity contribution is 5.57. The Labute approximate surface area is 90.5 Å². The first-order chi connectivity index (χ1) is 7.47. The van der Waals surface area contributed by atoms with E-state index in [-0.39, 0.29) is 12.0 Å². The number of phenols is 2. The van der Waals surface area contributed by atoms with Crippen LogP contribution < -0.4 is 5.73 Å². The van der Waals surface area contributed by atoms with Gasteiger partial charge in [-0.15, -0.1) is 0 Å². The Morgan fingerprint density at radius 3 is 2.69 bits per heavy atom. The highest BCUT2D eigenvalue weighted by atomic mass is 16.6. The van der Waals surface area contributed by atoms with Crippen LogP contribution in [-0.2, 0) is 0 Å². The minimum Gasteiger partial charge on any atom is -0.504 e. The maximum absolute atomic E-state index is 10.5. The summed E-state index contributed by atoms with van der Waals surface area (Å²) in [6, 6.07) is 3.21. The number of nitro benzene ring substituents is 1. The van der Waals surface area contributed by atoms with E-state index in [1.807, 2.05) is 6.07 Å². The van der Waals surface area contributed by atoms with Crippen LogP contribution in [0.1, 0.15) is 18.0 Å². The van der Waals surface area contributed by atoms with Gasteiger partial charge in [0.25, 0.3) is 0 Å². The third-order valence-corrected chi connectivity index (χ3v) is 2.03. The number of nitro groups is 1. The zero-order valence-corrected chi connectivity index (χ0v) is 8.12. The average Bonchev–Trinajstić information content (AvgIpc) is 2.21. The molecule has 0 bridgehead atoms. The zero-order valence-electron chi connectivity index (χ0n) is 8.12. The molecule has 0 aliphatic carbocycles. The van der Waals surface area contributed by atoms with Gasteiger partial charge in [-0.3, -0.25) is 10.1 Å². The molecule has 1 rings (SSSR count). The van der Waals surface area contributed by atoms with Crippen LogP contribution in [-0.4, -0.2) is 15.1 Å². The number of aromatic hydroxyl groups is 2. The fourth-order valence-corrected chi connectivity index (χ4v) is 1.19. The molecule has 0 fully saturated rings. The van der Waals surface area contributed by atoms with E-state index in [1.165, 1.54) is 0 Å². The molecular weight excluding hydrogens is 214 g/mol. The van der Waals surface area contributed by atoms with E-state index in [1.54, 1.807) is 0 Å². The summed E-state index contributed by atoms with van der Waals surface area (Å²) in [6.07, 6.45) is -0.0403. The second kappa shape index (κ2) is 4.46. The van der Waals surface area contributed by atoms with Gasteiger partial charge in [0.15, 0.2) is 5.75 Å². The molecule has 1 aromatic carbocycles. The fourth-order valence-electron chi connectivity index (χ4n) is 1.19. The zero-order chi connectivity index (χ0) is 12.3. The van der Waals surface area contributed by atoms with Crippen LogP contribution in [0, 0.1) is 21.4 Å². The van der Waals surface area contributed by atoms with Gasteiger partial charge in [0, 0.05) is 12.1 Å². The van der Waals surface area contributed by atoms with Gasteiger partial charge in [-0.25, -0.2) is 0 Å². The number of phenolic OH excluding ortho intramolecular Hbond substituents is 2. The van der Waals surface area contributed by atoms with E-state index in [2.05, 4.69) is 0 Å². The second-order valence-corrected chi connectivity index (χ2v) is 3.13. The Bertz CT molecular complexity index is 467. The Balaban J connectivity index is 3.25. The third-order valence-electron chi connectivity index (χ3n) is 2.03. The lowest BCUT2D eigenvalue weighted by atomic mass is 10.0. The number of benzene rings is 1. The first-order valence-corrected chi connectivity index (χ1v) is 4.30. The molecule has 0 saturated carbocycles. The maximum Gasteiger partial charge on any atom is 0.314 e. The Morgan fingerprint density at radius 1 is 1.56 bits per heavy atom. The maximum atomic E-state index is 10.5. The summed E-state index contributed by atoms with van der Waals surface area (Å²) >= 11 is 0. The molecule has 16 heavy (non-hydrogen) atoms. The number of rotatable bonds is 3. The highest BCUT2D eigenvalue weighted by Crippen LogP contribution is 2.37. The van der Waals surface area contributed by atoms with E-state index in [0.717, 1.165) is 12.1 Å². The lowest BCUT2D eigenvalue weighted by molar-refractivity contribution is -0.386. The van der Waals surface area contributed by atoms with Gasteiger partial charge in [-0.05, 0) is 11.6 Å². The number of hydrogen-bond acceptors (Lipinski definition) is 6. The molecule has 0 spiro atoms. The van der Waals surface area contributed by atoms with Crippen LogP contribution in [0.2, 0.25) is 0 Å². The molecule has 4 N–H and O–H groups in total. The van der Waals surface area contributed by atoms with Gasteiger partial charge in [0.05, 0.1) is 17.4 Å². The lowest BCUT2D eigenvalue weighted by Crippen LogP contribution is -2.09. The van der Waals surface area contributed by atoms with Gasteiger partial charge in [0.2, 0.25) is 5.75 Å². The van der Waals surface area contributed by atoms with Crippen molar-refractivity contribution in [2.75, 3.05) is 0 Å². The number of nitrogens with zero attached hydrogens (tertiary/aromatic N) is 2. The van der Waals surface area contributed by atoms with E-state index < -0.39 is 28.2 Å². The lowest BCUT2D eigenvalue weighted by Gasteiger charge is -2.09. The van der Waals surface area contributed by atoms with Gasteiger partial charge in [-0.2, -0.15) is 5.26 Å². The van der Waals surface area contributed by atoms with Crippen LogP contribution in [0.25, 0.3) is 0 Å². The molecule has 0 unspecified atom stereocenters. The first-order valence-electron chi connectivity index (χ1n) is 4.30. The van der Waals surface area contributed by atoms with Gasteiger partial charge >= 0.3 is 5.69 Å². The predicted molar refractivity (Wildman–Crippen MR) is 53.6 cm³/mol. The van der Waals surface area contributed by atoms with Gasteiger partial charge in [-0.1, -0.05) is 0 Å². The predicted octanol–water partition coefficient (Wildman–Crippen LogP) is 0.919. The van der Waals surface area contributed by atoms with E-state index in [0.29, 0.717) is 0 Å². The summed E-state index contributed by atoms with van der Waals surface area (Å²) in [6.45, 7) is 0. The van der Waals surface area contributed by atoms with Crippen molar-refractivity contribution in [3.63, 3.8) is 0 Å². The van der Waals surface area contributed by atoms with Gasteiger partial charge in [0.1, 0.15) is 0 Å². The normalized spacial score (nSPS) is 11.8. The van der Waals surface area contributed by atoms with Crippen molar-refractivity contribution in [1.82, 2.24) is 0 Å². The van der Waals surface area contributed by atoms with Crippen molar-refractivity contribution in [3.8, 4) is 17.6 Å². The Morgan fingerprint density at radius 2 is 2.19 bits per heavy atom. The van der Waals surface area contributed by atoms with E-state index >= 15 is 0 Å². The molecule has 0 aliphatic rings. The van der Waals surface area contributed by atoms with Crippen LogP contribution in [0.15, 0.2) is 12.1 Å². The van der Waals surface area contributed by atoms with Crippen LogP contribution in [0.5, 0.6) is 11.5 Å². The summed E-state index contributed by atoms with van der Waals surface area (Å²) in [5.41, 5.74) is 5.15. The van der Waals surface area contributed by atoms with Crippen molar-refractivity contribution in [1.29, 1.82) is 5.26 Å². The first kappa shape index (κ1) is 11.7. The molecule has 0 heterocycles. The summed E-state index contributed by atoms with van der Waals surface area (Å²) in [4.78, 5) is 9.70. The highest BCUT2D eigenvalue weighted by Gasteiger charge is 2.20. The molecule has 0 aliphatic heterocycles. The molecule has 1 aromatic rings. The van der Waals surface area contributed by atoms with Crippen molar-refractivity contribution >= 4 is 5.69 Å². The largest absolute Gasteiger partial charge is 0.504 e. The van der Waals surface area contributed by atoms with Crippen LogP contribution in [0.4, 0.5) is 5.69 Å². The monoisotopic (exact) mass is 223 g/mol. The Kier molecular flexibility index (Phi) is 3.27. The Hall–Kier alpha value is -2.33. The van der Waals surface area contributed by atoms with Crippen molar-refractivity contribution < 1.29 is 15.1 Å². The smallest absolute Gasteiger partial charge is 0.314 e. The van der Waals surface area contributed by atoms with Crippen molar-refractivity contribution in [2.45, 2.75) is 12.5 Å². The number of nitriles is 1. The SMILES string of the molecule is N#CC[C@H](N)c1cc(O)c(O)c([N+](=O)[O-])c1. The van der Waals surface area contributed by atoms with Crippen molar-refractivity contribution in [2.24, 2.45) is 5.73 Å². The molecule has 1 atom stereocenters. The second-order valence-electron chi connectivity index (χ2n) is 3.13. The van der Waals surface area contributed by atoms with E-state index in [9.17, 15) is 20.3 Å². The fraction of sp³-hybridized carbons (Fsp3) is 0.222. The van der Waals surface area contributed by atoms with E-state index in [4.69, 9.17) is 11.0 Å². The molecule has 7 nitrogen and oxygen atoms in total. The molecule has 7 heteroatoms. The number of nitrogens with two attached hydrogens (primary N) is 1. The van der Waals surface area contributed by atoms with Crippen LogP contribution in [0.3, 0.4) is 0 Å². The quantitative estimate of drug-likeness (QED) is 0.396. The third kappa shape index (κ3) is 2.18. The molecular formula is C9H9N3O4. The molecule has 0 saturated heterocycles. The topological polar surface area (TPSA) is 133 Å². The summed E-state index contributed by atoms with van der Waals surface area (Å²) in [5, 5.41) is 37.4. The van der Waals surface area contributed by atoms with Crippen molar-refractivity contribution in [3.05, 3.63) is 27.8 Å². The average molecular weight is 223 g/mol. The van der Waals surface area contributed by atoms with Gasteiger partial charge < -0.3 is 15.9 Å². The summed E-state index contributed by atoms with van der Waals surface area (Å²) < 4.78 is 0. The molecule has 0 aromatic heterocycles. The molecule has 0 amide bonds. The standard InChI is InChI=1S/C9H9N3O4/c10-2-1-6(11)5-3-7(12(15)16)9(14)8(13)4-5/h3-4,6,13-14H,1,11H2/t6-/m0/s1. The summed E-state index contributed by atoms with van der Waals surface area (Å²) in [7, 11) is 0. The van der Waals surface area contributed by atoms with Crippen LogP contribution >= 0.6 is 0 Å². The minimum atomic E-state index is -0.836. The summed E-state index contributed by atoms with van der Waals surface area (Å²) in [5.74, 6) is -1.43.